The predicted molar refractivity (Wildman–Crippen MR) is 82.6 cm³/mol. The Kier molecular flexibility index (Phi) is 5.15. The zero-order valence-corrected chi connectivity index (χ0v) is 14.4. The van der Waals surface area contributed by atoms with Crippen LogP contribution in [0.5, 0.6) is 0 Å². The number of carbonyl (C=O) groups is 1. The van der Waals surface area contributed by atoms with Gasteiger partial charge in [0.1, 0.15) is 10.7 Å². The number of sulfone groups is 2. The summed E-state index contributed by atoms with van der Waals surface area (Å²) in [5.74, 6) is -0.315. The van der Waals surface area contributed by atoms with Gasteiger partial charge in [0.2, 0.25) is 5.91 Å². The summed E-state index contributed by atoms with van der Waals surface area (Å²) in [5, 5.41) is 3.70. The molecule has 2 heterocycles. The van der Waals surface area contributed by atoms with Gasteiger partial charge in [-0.2, -0.15) is 0 Å². The second-order valence-corrected chi connectivity index (χ2v) is 10.5. The van der Waals surface area contributed by atoms with E-state index in [-0.39, 0.29) is 24.9 Å². The number of rotatable bonds is 3. The fourth-order valence-corrected chi connectivity index (χ4v) is 4.62. The van der Waals surface area contributed by atoms with Gasteiger partial charge in [-0.05, 0) is 25.9 Å². The minimum Gasteiger partial charge on any atom is -0.337 e. The smallest absolute Gasteiger partial charge is 0.225 e. The van der Waals surface area contributed by atoms with Crippen LogP contribution in [-0.2, 0) is 24.5 Å². The summed E-state index contributed by atoms with van der Waals surface area (Å²) in [7, 11) is -7.00. The highest BCUT2D eigenvalue weighted by Crippen LogP contribution is 2.19. The summed E-state index contributed by atoms with van der Waals surface area (Å²) in [4.78, 5) is 14.0. The van der Waals surface area contributed by atoms with Crippen molar-refractivity contribution in [1.29, 1.82) is 0 Å². The maximum Gasteiger partial charge on any atom is 0.225 e. The number of carbonyl (C=O) groups excluding carboxylic acids is 1. The van der Waals surface area contributed by atoms with Crippen LogP contribution in [0.4, 0.5) is 0 Å². The van der Waals surface area contributed by atoms with Crippen LogP contribution in [0, 0.1) is 5.92 Å². The van der Waals surface area contributed by atoms with Crippen molar-refractivity contribution in [2.75, 3.05) is 38.7 Å². The van der Waals surface area contributed by atoms with E-state index in [0.29, 0.717) is 12.8 Å². The van der Waals surface area contributed by atoms with Gasteiger partial charge in [0.05, 0.1) is 13.1 Å². The molecule has 2 rings (SSSR count). The third kappa shape index (κ3) is 4.18. The van der Waals surface area contributed by atoms with E-state index < -0.39 is 30.4 Å². The van der Waals surface area contributed by atoms with Gasteiger partial charge < -0.3 is 10.2 Å². The highest BCUT2D eigenvalue weighted by atomic mass is 32.2. The Balaban J connectivity index is 2.20. The van der Waals surface area contributed by atoms with Crippen LogP contribution in [0.25, 0.3) is 0 Å². The summed E-state index contributed by atoms with van der Waals surface area (Å²) in [5.41, 5.74) is 0. The molecule has 0 aromatic rings. The van der Waals surface area contributed by atoms with Crippen LogP contribution < -0.4 is 10.6 Å². The lowest BCUT2D eigenvalue weighted by Crippen LogP contribution is -2.63. The second kappa shape index (κ2) is 6.42. The van der Waals surface area contributed by atoms with Crippen molar-refractivity contribution in [3.05, 3.63) is 0 Å². The van der Waals surface area contributed by atoms with Crippen LogP contribution in [0.1, 0.15) is 12.8 Å². The average Bonchev–Trinajstić information content (AvgIpc) is 2.45. The van der Waals surface area contributed by atoms with Crippen LogP contribution in [0.2, 0.25) is 0 Å². The monoisotopic (exact) mass is 353 g/mol. The van der Waals surface area contributed by atoms with Crippen molar-refractivity contribution in [1.82, 2.24) is 15.5 Å². The third-order valence-corrected chi connectivity index (χ3v) is 6.82. The van der Waals surface area contributed by atoms with Crippen molar-refractivity contribution in [3.63, 3.8) is 0 Å². The summed E-state index contributed by atoms with van der Waals surface area (Å²) >= 11 is 0. The van der Waals surface area contributed by atoms with Crippen molar-refractivity contribution in [3.8, 4) is 0 Å². The quantitative estimate of drug-likeness (QED) is 0.613. The van der Waals surface area contributed by atoms with E-state index in [4.69, 9.17) is 0 Å². The third-order valence-electron chi connectivity index (χ3n) is 4.18. The average molecular weight is 353 g/mol. The van der Waals surface area contributed by atoms with Gasteiger partial charge in [-0.3, -0.25) is 10.1 Å². The SMILES string of the molecule is CS(=O)(=O)C1CN(C(=O)C2CCNCC2)CC(S(C)(=O)=O)N1. The lowest BCUT2D eigenvalue weighted by atomic mass is 9.96. The van der Waals surface area contributed by atoms with Gasteiger partial charge in [-0.1, -0.05) is 0 Å². The van der Waals surface area contributed by atoms with Crippen molar-refractivity contribution in [2.24, 2.45) is 5.92 Å². The zero-order chi connectivity index (χ0) is 16.5. The Morgan fingerprint density at radius 3 is 1.82 bits per heavy atom. The molecule has 0 aliphatic carbocycles. The van der Waals surface area contributed by atoms with E-state index in [0.717, 1.165) is 25.6 Å². The lowest BCUT2D eigenvalue weighted by molar-refractivity contribution is -0.137. The highest BCUT2D eigenvalue weighted by Gasteiger charge is 2.40. The van der Waals surface area contributed by atoms with E-state index in [1.54, 1.807) is 0 Å². The van der Waals surface area contributed by atoms with Gasteiger partial charge in [0, 0.05) is 18.4 Å². The molecule has 0 aromatic heterocycles. The summed E-state index contributed by atoms with van der Waals surface area (Å²) in [6, 6.07) is 0. The number of hydrogen-bond donors (Lipinski definition) is 2. The molecule has 8 nitrogen and oxygen atoms in total. The van der Waals surface area contributed by atoms with Crippen LogP contribution in [0.3, 0.4) is 0 Å². The molecule has 10 heteroatoms. The van der Waals surface area contributed by atoms with E-state index in [1.807, 2.05) is 0 Å². The molecule has 0 spiro atoms. The van der Waals surface area contributed by atoms with Crippen molar-refractivity contribution >= 4 is 25.6 Å². The zero-order valence-electron chi connectivity index (χ0n) is 12.8. The maximum atomic E-state index is 12.6. The minimum absolute atomic E-state index is 0.00633. The number of hydrogen-bond acceptors (Lipinski definition) is 7. The fourth-order valence-electron chi connectivity index (χ4n) is 2.81. The van der Waals surface area contributed by atoms with Gasteiger partial charge in [0.15, 0.2) is 19.7 Å². The van der Waals surface area contributed by atoms with E-state index in [2.05, 4.69) is 10.6 Å². The van der Waals surface area contributed by atoms with Crippen LogP contribution in [0.15, 0.2) is 0 Å². The Hall–Kier alpha value is -0.710. The predicted octanol–water partition coefficient (Wildman–Crippen LogP) is -1.84. The Morgan fingerprint density at radius 2 is 1.41 bits per heavy atom. The topological polar surface area (TPSA) is 113 Å². The minimum atomic E-state index is -3.50. The first-order valence-electron chi connectivity index (χ1n) is 7.22. The highest BCUT2D eigenvalue weighted by molar-refractivity contribution is 7.92. The first-order chi connectivity index (χ1) is 10.1. The first-order valence-corrected chi connectivity index (χ1v) is 11.1. The number of nitrogens with zero attached hydrogens (tertiary/aromatic N) is 1. The molecule has 2 atom stereocenters. The molecule has 22 heavy (non-hydrogen) atoms. The molecule has 2 aliphatic heterocycles. The number of piperazine rings is 1. The molecule has 2 unspecified atom stereocenters. The van der Waals surface area contributed by atoms with Crippen LogP contribution >= 0.6 is 0 Å². The molecular formula is C12H23N3O5S2. The molecule has 0 saturated carbocycles. The molecule has 2 saturated heterocycles. The molecular weight excluding hydrogens is 330 g/mol. The largest absolute Gasteiger partial charge is 0.337 e. The summed E-state index contributed by atoms with van der Waals surface area (Å²) in [6.07, 6.45) is 3.47. The second-order valence-electron chi connectivity index (χ2n) is 6.07. The van der Waals surface area contributed by atoms with E-state index in [9.17, 15) is 21.6 Å². The molecule has 128 valence electrons. The van der Waals surface area contributed by atoms with Gasteiger partial charge in [0.25, 0.3) is 0 Å². The Morgan fingerprint density at radius 1 is 0.955 bits per heavy atom. The van der Waals surface area contributed by atoms with Crippen molar-refractivity contribution in [2.45, 2.75) is 23.6 Å². The summed E-state index contributed by atoms with van der Waals surface area (Å²) in [6.45, 7) is 1.47. The number of piperidine rings is 1. The van der Waals surface area contributed by atoms with Crippen LogP contribution in [-0.4, -0.2) is 77.1 Å². The number of nitrogens with one attached hydrogen (secondary N) is 2. The fraction of sp³-hybridized carbons (Fsp3) is 0.917. The lowest BCUT2D eigenvalue weighted by Gasteiger charge is -2.39. The number of amides is 1. The van der Waals surface area contributed by atoms with E-state index in [1.165, 1.54) is 4.90 Å². The molecule has 2 aliphatic rings. The molecule has 2 N–H and O–H groups in total. The Labute approximate surface area is 131 Å². The Bertz CT molecular complexity index is 585. The van der Waals surface area contributed by atoms with Crippen molar-refractivity contribution < 1.29 is 21.6 Å². The van der Waals surface area contributed by atoms with Gasteiger partial charge in [-0.25, -0.2) is 16.8 Å². The standard InChI is InChI=1S/C12H23N3O5S2/c1-21(17,18)10-7-15(8-11(14-10)22(2,19)20)12(16)9-3-5-13-6-4-9/h9-11,13-14H,3-8H2,1-2H3. The molecule has 2 fully saturated rings. The van der Waals surface area contributed by atoms with E-state index >= 15 is 0 Å². The molecule has 0 aromatic carbocycles. The van der Waals surface area contributed by atoms with Gasteiger partial charge in [-0.15, -0.1) is 0 Å². The van der Waals surface area contributed by atoms with Gasteiger partial charge >= 0.3 is 0 Å². The molecule has 0 bridgehead atoms. The molecule has 1 amide bonds. The summed E-state index contributed by atoms with van der Waals surface area (Å²) < 4.78 is 47.2. The first kappa shape index (κ1) is 17.6. The normalized spacial score (nSPS) is 28.5. The maximum absolute atomic E-state index is 12.6. The molecule has 0 radical (unpaired) electrons.